The SMILES string of the molecule is CC(=O)Nc1ccc(C(F)(F)F)cc1NC(=O)Cc1c(C)nn(-c2nc(C)cc(C)n2)c1C. The molecular weight excluding hydrogens is 437 g/mol. The number of aromatic nitrogens is 4. The standard InChI is InChI=1S/C22H23F3N6O2/c1-11-8-12(2)27-21(26-11)31-14(4)17(13(3)30-31)10-20(33)29-19-9-16(22(23,24)25)6-7-18(19)28-15(5)32/h6-9H,10H2,1-5H3,(H,28,32)(H,29,33). The van der Waals surface area contributed by atoms with Crippen LogP contribution in [0.25, 0.3) is 5.95 Å². The molecule has 0 aliphatic heterocycles. The van der Waals surface area contributed by atoms with E-state index in [2.05, 4.69) is 25.7 Å². The van der Waals surface area contributed by atoms with E-state index >= 15 is 0 Å². The van der Waals surface area contributed by atoms with Gasteiger partial charge in [0, 0.05) is 29.6 Å². The van der Waals surface area contributed by atoms with E-state index in [1.54, 1.807) is 13.8 Å². The lowest BCUT2D eigenvalue weighted by molar-refractivity contribution is -0.137. The number of carbonyl (C=O) groups is 2. The van der Waals surface area contributed by atoms with Gasteiger partial charge in [-0.3, -0.25) is 9.59 Å². The van der Waals surface area contributed by atoms with Gasteiger partial charge in [-0.25, -0.2) is 14.6 Å². The topological polar surface area (TPSA) is 102 Å². The number of hydrogen-bond donors (Lipinski definition) is 2. The van der Waals surface area contributed by atoms with Crippen molar-refractivity contribution in [3.8, 4) is 5.95 Å². The maximum Gasteiger partial charge on any atom is 0.416 e. The number of halogens is 3. The first-order chi connectivity index (χ1) is 15.3. The number of rotatable bonds is 5. The Morgan fingerprint density at radius 3 is 2.18 bits per heavy atom. The van der Waals surface area contributed by atoms with Crippen LogP contribution in [0.2, 0.25) is 0 Å². The molecule has 2 aromatic heterocycles. The number of nitrogens with one attached hydrogen (secondary N) is 2. The quantitative estimate of drug-likeness (QED) is 0.598. The molecule has 0 fully saturated rings. The number of anilines is 2. The van der Waals surface area contributed by atoms with Gasteiger partial charge in [0.2, 0.25) is 11.8 Å². The average Bonchev–Trinajstić information content (AvgIpc) is 2.95. The van der Waals surface area contributed by atoms with E-state index in [4.69, 9.17) is 0 Å². The van der Waals surface area contributed by atoms with Crippen LogP contribution in [0.15, 0.2) is 24.3 Å². The summed E-state index contributed by atoms with van der Waals surface area (Å²) in [5, 5.41) is 9.33. The van der Waals surface area contributed by atoms with Crippen LogP contribution in [-0.2, 0) is 22.2 Å². The predicted octanol–water partition coefficient (Wildman–Crippen LogP) is 4.05. The minimum atomic E-state index is -4.60. The van der Waals surface area contributed by atoms with Crippen molar-refractivity contribution >= 4 is 23.2 Å². The third-order valence-electron chi connectivity index (χ3n) is 4.87. The fourth-order valence-electron chi connectivity index (χ4n) is 3.41. The number of carbonyl (C=O) groups excluding carboxylic acids is 2. The van der Waals surface area contributed by atoms with Crippen LogP contribution in [0.3, 0.4) is 0 Å². The molecule has 11 heteroatoms. The van der Waals surface area contributed by atoms with Gasteiger partial charge < -0.3 is 10.6 Å². The molecule has 8 nitrogen and oxygen atoms in total. The van der Waals surface area contributed by atoms with Crippen LogP contribution in [0.5, 0.6) is 0 Å². The zero-order valence-corrected chi connectivity index (χ0v) is 18.8. The molecule has 0 spiro atoms. The van der Waals surface area contributed by atoms with E-state index in [0.29, 0.717) is 22.9 Å². The van der Waals surface area contributed by atoms with Crippen molar-refractivity contribution in [1.82, 2.24) is 19.7 Å². The monoisotopic (exact) mass is 460 g/mol. The fraction of sp³-hybridized carbons (Fsp3) is 0.318. The summed E-state index contributed by atoms with van der Waals surface area (Å²) in [7, 11) is 0. The summed E-state index contributed by atoms with van der Waals surface area (Å²) in [5.74, 6) is -0.676. The van der Waals surface area contributed by atoms with Crippen LogP contribution in [0.1, 0.15) is 40.8 Å². The molecule has 0 saturated heterocycles. The summed E-state index contributed by atoms with van der Waals surface area (Å²) in [5.41, 5.74) is 2.30. The van der Waals surface area contributed by atoms with Crippen molar-refractivity contribution in [3.63, 3.8) is 0 Å². The van der Waals surface area contributed by atoms with Crippen LogP contribution < -0.4 is 10.6 Å². The highest BCUT2D eigenvalue weighted by atomic mass is 19.4. The van der Waals surface area contributed by atoms with Crippen molar-refractivity contribution in [2.75, 3.05) is 10.6 Å². The van der Waals surface area contributed by atoms with Crippen LogP contribution in [0, 0.1) is 27.7 Å². The minimum Gasteiger partial charge on any atom is -0.325 e. The van der Waals surface area contributed by atoms with Gasteiger partial charge >= 0.3 is 6.18 Å². The summed E-state index contributed by atoms with van der Waals surface area (Å²) in [6.07, 6.45) is -4.74. The van der Waals surface area contributed by atoms with Gasteiger partial charge in [0.1, 0.15) is 0 Å². The molecule has 2 N–H and O–H groups in total. The summed E-state index contributed by atoms with van der Waals surface area (Å²) < 4.78 is 41.0. The molecule has 0 saturated carbocycles. The Balaban J connectivity index is 1.90. The number of nitrogens with zero attached hydrogens (tertiary/aromatic N) is 4. The van der Waals surface area contributed by atoms with Gasteiger partial charge in [0.15, 0.2) is 0 Å². The molecule has 1 aromatic carbocycles. The smallest absolute Gasteiger partial charge is 0.325 e. The number of amides is 2. The highest BCUT2D eigenvalue weighted by Crippen LogP contribution is 2.34. The van der Waals surface area contributed by atoms with E-state index < -0.39 is 23.6 Å². The molecule has 0 atom stereocenters. The summed E-state index contributed by atoms with van der Waals surface area (Å²) in [6.45, 7) is 8.37. The third-order valence-corrected chi connectivity index (χ3v) is 4.87. The second-order valence-electron chi connectivity index (χ2n) is 7.68. The molecule has 3 rings (SSSR count). The number of alkyl halides is 3. The Bertz CT molecular complexity index is 1210. The second-order valence-corrected chi connectivity index (χ2v) is 7.68. The molecular formula is C22H23F3N6O2. The van der Waals surface area contributed by atoms with E-state index in [0.717, 1.165) is 29.6 Å². The Kier molecular flexibility index (Phi) is 6.52. The normalized spacial score (nSPS) is 11.4. The van der Waals surface area contributed by atoms with Gasteiger partial charge in [-0.15, -0.1) is 0 Å². The first-order valence-corrected chi connectivity index (χ1v) is 10.0. The maximum atomic E-state index is 13.2. The van der Waals surface area contributed by atoms with Crippen molar-refractivity contribution in [2.45, 2.75) is 47.2 Å². The van der Waals surface area contributed by atoms with Gasteiger partial charge in [-0.05, 0) is 52.0 Å². The molecule has 0 unspecified atom stereocenters. The molecule has 0 radical (unpaired) electrons. The number of hydrogen-bond acceptors (Lipinski definition) is 5. The zero-order valence-electron chi connectivity index (χ0n) is 18.8. The Labute approximate surface area is 188 Å². The minimum absolute atomic E-state index is 0.0663. The van der Waals surface area contributed by atoms with Gasteiger partial charge in [0.25, 0.3) is 5.95 Å². The lowest BCUT2D eigenvalue weighted by Crippen LogP contribution is -2.18. The van der Waals surface area contributed by atoms with Gasteiger partial charge in [0.05, 0.1) is 29.1 Å². The molecule has 33 heavy (non-hydrogen) atoms. The number of aryl methyl sites for hydroxylation is 3. The van der Waals surface area contributed by atoms with Crippen LogP contribution >= 0.6 is 0 Å². The van der Waals surface area contributed by atoms with E-state index in [1.165, 1.54) is 11.6 Å². The Morgan fingerprint density at radius 1 is 0.970 bits per heavy atom. The zero-order chi connectivity index (χ0) is 24.5. The summed E-state index contributed by atoms with van der Waals surface area (Å²) in [4.78, 5) is 33.0. The molecule has 3 aromatic rings. The third kappa shape index (κ3) is 5.54. The predicted molar refractivity (Wildman–Crippen MR) is 116 cm³/mol. The summed E-state index contributed by atoms with van der Waals surface area (Å²) in [6, 6.07) is 4.55. The van der Waals surface area contributed by atoms with Crippen LogP contribution in [-0.4, -0.2) is 31.6 Å². The van der Waals surface area contributed by atoms with Gasteiger partial charge in [-0.1, -0.05) is 0 Å². The van der Waals surface area contributed by atoms with E-state index in [-0.39, 0.29) is 17.8 Å². The lowest BCUT2D eigenvalue weighted by Gasteiger charge is -2.15. The van der Waals surface area contributed by atoms with Crippen LogP contribution in [0.4, 0.5) is 24.5 Å². The fourth-order valence-corrected chi connectivity index (χ4v) is 3.41. The maximum absolute atomic E-state index is 13.2. The first-order valence-electron chi connectivity index (χ1n) is 10.0. The van der Waals surface area contributed by atoms with Crippen molar-refractivity contribution in [1.29, 1.82) is 0 Å². The largest absolute Gasteiger partial charge is 0.416 e. The first kappa shape index (κ1) is 23.9. The molecule has 0 bridgehead atoms. The Morgan fingerprint density at radius 2 is 1.61 bits per heavy atom. The van der Waals surface area contributed by atoms with Gasteiger partial charge in [-0.2, -0.15) is 18.3 Å². The molecule has 0 aliphatic carbocycles. The van der Waals surface area contributed by atoms with Crippen molar-refractivity contribution in [2.24, 2.45) is 0 Å². The van der Waals surface area contributed by atoms with E-state index in [9.17, 15) is 22.8 Å². The highest BCUT2D eigenvalue weighted by Gasteiger charge is 2.31. The average molecular weight is 460 g/mol. The Hall–Kier alpha value is -3.76. The van der Waals surface area contributed by atoms with Crippen molar-refractivity contribution in [3.05, 3.63) is 58.2 Å². The molecule has 2 amide bonds. The molecule has 174 valence electrons. The number of benzene rings is 1. The molecule has 0 aliphatic rings. The second kappa shape index (κ2) is 9.00. The highest BCUT2D eigenvalue weighted by molar-refractivity contribution is 5.99. The van der Waals surface area contributed by atoms with Crippen molar-refractivity contribution < 1.29 is 22.8 Å². The molecule has 2 heterocycles. The lowest BCUT2D eigenvalue weighted by atomic mass is 10.1. The van der Waals surface area contributed by atoms with E-state index in [1.807, 2.05) is 19.9 Å². The summed E-state index contributed by atoms with van der Waals surface area (Å²) >= 11 is 0.